The third-order valence-electron chi connectivity index (χ3n) is 7.85. The number of para-hydroxylation sites is 1. The van der Waals surface area contributed by atoms with Gasteiger partial charge in [0.15, 0.2) is 17.3 Å². The number of methoxy groups -OCH3 is 2. The summed E-state index contributed by atoms with van der Waals surface area (Å²) in [4.78, 5) is 17.8. The van der Waals surface area contributed by atoms with Crippen LogP contribution in [-0.2, 0) is 19.3 Å². The van der Waals surface area contributed by atoms with Gasteiger partial charge in [0.05, 0.1) is 19.7 Å². The number of aryl methyl sites for hydroxylation is 1. The summed E-state index contributed by atoms with van der Waals surface area (Å²) >= 11 is 0. The maximum atomic E-state index is 12.8. The van der Waals surface area contributed by atoms with Crippen molar-refractivity contribution in [2.75, 3.05) is 39.2 Å². The Morgan fingerprint density at radius 3 is 2.54 bits per heavy atom. The van der Waals surface area contributed by atoms with Gasteiger partial charge < -0.3 is 20.1 Å². The predicted octanol–water partition coefficient (Wildman–Crippen LogP) is 5.75. The second-order valence-electron chi connectivity index (χ2n) is 10.3. The van der Waals surface area contributed by atoms with Gasteiger partial charge in [-0.3, -0.25) is 9.78 Å². The van der Waals surface area contributed by atoms with E-state index in [-0.39, 0.29) is 11.7 Å². The Balaban J connectivity index is 1.02. The maximum Gasteiger partial charge on any atom is 0.167 e. The molecule has 0 bridgehead atoms. The number of fused-ring (bicyclic) bond motifs is 3. The number of Topliss-reactive ketones (excluding diaryl/α,β-unsaturated/α-hetero) is 1. The van der Waals surface area contributed by atoms with Crippen LogP contribution in [-0.4, -0.2) is 44.6 Å². The molecule has 0 saturated carbocycles. The number of ether oxygens (including phenoxy) is 2. The molecule has 1 unspecified atom stereocenters. The predicted molar refractivity (Wildman–Crippen MR) is 149 cm³/mol. The summed E-state index contributed by atoms with van der Waals surface area (Å²) in [6, 6.07) is 12.3. The molecule has 1 aromatic heterocycles. The first-order valence-corrected chi connectivity index (χ1v) is 13.8. The Bertz CT molecular complexity index is 1260. The molecule has 2 N–H and O–H groups in total. The van der Waals surface area contributed by atoms with E-state index < -0.39 is 0 Å². The molecule has 0 spiro atoms. The SMILES string of the molecule is COc1cc2c(cc1OC)C(=O)C(CNCCCCCCNc1c3c(nc4ccccc14)CCCC3)C2. The minimum atomic E-state index is -0.00266. The summed E-state index contributed by atoms with van der Waals surface area (Å²) < 4.78 is 10.8. The fourth-order valence-corrected chi connectivity index (χ4v) is 5.85. The molecular weight excluding hydrogens is 462 g/mol. The summed E-state index contributed by atoms with van der Waals surface area (Å²) in [5.74, 6) is 1.52. The molecule has 6 nitrogen and oxygen atoms in total. The van der Waals surface area contributed by atoms with Crippen LogP contribution in [0.5, 0.6) is 11.5 Å². The molecule has 6 heteroatoms. The van der Waals surface area contributed by atoms with E-state index in [1.54, 1.807) is 14.2 Å². The number of aromatic nitrogens is 1. The van der Waals surface area contributed by atoms with Crippen molar-refractivity contribution in [1.82, 2.24) is 10.3 Å². The summed E-state index contributed by atoms with van der Waals surface area (Å²) in [6.07, 6.45) is 10.2. The number of hydrogen-bond donors (Lipinski definition) is 2. The van der Waals surface area contributed by atoms with E-state index in [2.05, 4.69) is 34.9 Å². The summed E-state index contributed by atoms with van der Waals surface area (Å²) in [7, 11) is 3.23. The number of unbranched alkanes of at least 4 members (excludes halogenated alkanes) is 3. The number of ketones is 1. The molecule has 5 rings (SSSR count). The van der Waals surface area contributed by atoms with Crippen LogP contribution in [0.25, 0.3) is 10.9 Å². The van der Waals surface area contributed by atoms with E-state index >= 15 is 0 Å². The van der Waals surface area contributed by atoms with Gasteiger partial charge in [0.1, 0.15) is 0 Å². The molecule has 0 radical (unpaired) electrons. The Hall–Kier alpha value is -3.12. The molecule has 1 atom stereocenters. The van der Waals surface area contributed by atoms with Crippen molar-refractivity contribution in [2.24, 2.45) is 5.92 Å². The Labute approximate surface area is 220 Å². The highest BCUT2D eigenvalue weighted by atomic mass is 16.5. The molecular formula is C31H39N3O3. The van der Waals surface area contributed by atoms with Crippen molar-refractivity contribution in [1.29, 1.82) is 0 Å². The Kier molecular flexibility index (Phi) is 8.24. The van der Waals surface area contributed by atoms with Crippen LogP contribution in [0, 0.1) is 5.92 Å². The van der Waals surface area contributed by atoms with Crippen molar-refractivity contribution >= 4 is 22.4 Å². The summed E-state index contributed by atoms with van der Waals surface area (Å²) in [5, 5.41) is 8.55. The third kappa shape index (κ3) is 5.59. The van der Waals surface area contributed by atoms with E-state index in [9.17, 15) is 4.79 Å². The third-order valence-corrected chi connectivity index (χ3v) is 7.85. The van der Waals surface area contributed by atoms with Gasteiger partial charge in [0, 0.05) is 41.3 Å². The molecule has 2 aliphatic carbocycles. The number of nitrogens with zero attached hydrogens (tertiary/aromatic N) is 1. The monoisotopic (exact) mass is 501 g/mol. The zero-order chi connectivity index (χ0) is 25.6. The standard InChI is InChI=1S/C31H39N3O3/c1-36-28-18-21-17-22(31(35)25(21)19-29(28)37-2)20-32-15-9-3-4-10-16-33-30-23-11-5-7-13-26(23)34-27-14-8-6-12-24(27)30/h5,7,11,13,18-19,22,32H,3-4,6,8-10,12,14-17,20H2,1-2H3,(H,33,34). The molecule has 2 aliphatic rings. The van der Waals surface area contributed by atoms with Crippen molar-refractivity contribution in [2.45, 2.75) is 57.8 Å². The van der Waals surface area contributed by atoms with Crippen LogP contribution in [0.2, 0.25) is 0 Å². The molecule has 2 aromatic carbocycles. The minimum absolute atomic E-state index is 0.00266. The molecule has 0 saturated heterocycles. The number of nitrogens with one attached hydrogen (secondary N) is 2. The van der Waals surface area contributed by atoms with Gasteiger partial charge in [-0.25, -0.2) is 0 Å². The van der Waals surface area contributed by atoms with Crippen molar-refractivity contribution < 1.29 is 14.3 Å². The number of anilines is 1. The number of benzene rings is 2. The quantitative estimate of drug-likeness (QED) is 0.308. The molecule has 37 heavy (non-hydrogen) atoms. The average Bonchev–Trinajstić information content (AvgIpc) is 3.24. The first-order valence-electron chi connectivity index (χ1n) is 13.8. The lowest BCUT2D eigenvalue weighted by Gasteiger charge is -2.21. The number of carbonyl (C=O) groups excluding carboxylic acids is 1. The van der Waals surface area contributed by atoms with E-state index in [4.69, 9.17) is 14.5 Å². The zero-order valence-corrected chi connectivity index (χ0v) is 22.2. The summed E-state index contributed by atoms with van der Waals surface area (Å²) in [6.45, 7) is 2.66. The normalized spacial score (nSPS) is 16.5. The van der Waals surface area contributed by atoms with Gasteiger partial charge in [-0.1, -0.05) is 31.0 Å². The maximum absolute atomic E-state index is 12.8. The van der Waals surface area contributed by atoms with Crippen LogP contribution in [0.3, 0.4) is 0 Å². The highest BCUT2D eigenvalue weighted by molar-refractivity contribution is 6.03. The molecule has 0 fully saturated rings. The van der Waals surface area contributed by atoms with E-state index in [1.165, 1.54) is 48.0 Å². The van der Waals surface area contributed by atoms with Crippen LogP contribution < -0.4 is 20.1 Å². The lowest BCUT2D eigenvalue weighted by Crippen LogP contribution is -2.27. The first kappa shape index (κ1) is 25.5. The fraction of sp³-hybridized carbons (Fsp3) is 0.484. The van der Waals surface area contributed by atoms with Gasteiger partial charge >= 0.3 is 0 Å². The number of carbonyl (C=O) groups is 1. The number of pyridine rings is 1. The van der Waals surface area contributed by atoms with Gasteiger partial charge in [-0.2, -0.15) is 0 Å². The van der Waals surface area contributed by atoms with Crippen LogP contribution in [0.1, 0.15) is 65.7 Å². The van der Waals surface area contributed by atoms with Gasteiger partial charge in [-0.05, 0) is 80.8 Å². The van der Waals surface area contributed by atoms with Gasteiger partial charge in [0.25, 0.3) is 0 Å². The van der Waals surface area contributed by atoms with Crippen molar-refractivity contribution in [3.8, 4) is 11.5 Å². The topological polar surface area (TPSA) is 72.5 Å². The molecule has 3 aromatic rings. The van der Waals surface area contributed by atoms with Crippen LogP contribution >= 0.6 is 0 Å². The van der Waals surface area contributed by atoms with E-state index in [0.717, 1.165) is 68.4 Å². The lowest BCUT2D eigenvalue weighted by molar-refractivity contribution is 0.0935. The van der Waals surface area contributed by atoms with Crippen LogP contribution in [0.15, 0.2) is 36.4 Å². The van der Waals surface area contributed by atoms with E-state index in [0.29, 0.717) is 11.5 Å². The second-order valence-corrected chi connectivity index (χ2v) is 10.3. The van der Waals surface area contributed by atoms with E-state index in [1.807, 2.05) is 12.1 Å². The van der Waals surface area contributed by atoms with Crippen molar-refractivity contribution in [3.63, 3.8) is 0 Å². The molecule has 0 aliphatic heterocycles. The largest absolute Gasteiger partial charge is 0.493 e. The average molecular weight is 502 g/mol. The Morgan fingerprint density at radius 1 is 0.946 bits per heavy atom. The summed E-state index contributed by atoms with van der Waals surface area (Å²) in [5.41, 5.74) is 7.00. The van der Waals surface area contributed by atoms with Gasteiger partial charge in [-0.15, -0.1) is 0 Å². The molecule has 1 heterocycles. The Morgan fingerprint density at radius 2 is 1.70 bits per heavy atom. The molecule has 196 valence electrons. The highest BCUT2D eigenvalue weighted by Gasteiger charge is 2.31. The number of hydrogen-bond acceptors (Lipinski definition) is 6. The first-order chi connectivity index (χ1) is 18.2. The minimum Gasteiger partial charge on any atom is -0.493 e. The highest BCUT2D eigenvalue weighted by Crippen LogP contribution is 2.36. The van der Waals surface area contributed by atoms with Crippen molar-refractivity contribution in [3.05, 3.63) is 58.8 Å². The van der Waals surface area contributed by atoms with Crippen LogP contribution in [0.4, 0.5) is 5.69 Å². The zero-order valence-electron chi connectivity index (χ0n) is 22.2. The lowest BCUT2D eigenvalue weighted by atomic mass is 9.92. The number of rotatable bonds is 12. The smallest absolute Gasteiger partial charge is 0.167 e. The second kappa shape index (κ2) is 12.0. The molecule has 0 amide bonds. The van der Waals surface area contributed by atoms with Gasteiger partial charge in [0.2, 0.25) is 0 Å². The fourth-order valence-electron chi connectivity index (χ4n) is 5.85.